The van der Waals surface area contributed by atoms with Crippen LogP contribution in [0.1, 0.15) is 26.8 Å². The molecule has 2 heterocycles. The number of nitrogens with two attached hydrogens (primary N) is 1. The topological polar surface area (TPSA) is 96.9 Å². The van der Waals surface area contributed by atoms with Gasteiger partial charge in [0, 0.05) is 0 Å². The van der Waals surface area contributed by atoms with E-state index in [4.69, 9.17) is 5.73 Å². The lowest BCUT2D eigenvalue weighted by molar-refractivity contribution is 0.103. The van der Waals surface area contributed by atoms with E-state index < -0.39 is 12.1 Å². The number of anilines is 1. The Morgan fingerprint density at radius 1 is 1.27 bits per heavy atom. The average Bonchev–Trinajstić information content (AvgIpc) is 3.18. The number of rotatable bonds is 2. The molecule has 2 amide bonds. The average molecular weight is 310 g/mol. The summed E-state index contributed by atoms with van der Waals surface area (Å²) in [5, 5.41) is 12.9. The van der Waals surface area contributed by atoms with Crippen LogP contribution in [0.25, 0.3) is 5.70 Å². The number of urea groups is 1. The van der Waals surface area contributed by atoms with Gasteiger partial charge in [-0.15, -0.1) is 11.3 Å². The minimum absolute atomic E-state index is 0.155. The molecule has 1 aromatic carbocycles. The predicted octanol–water partition coefficient (Wildman–Crippen LogP) is 3.35. The van der Waals surface area contributed by atoms with Crippen LogP contribution in [0, 0.1) is 0 Å². The van der Waals surface area contributed by atoms with Crippen LogP contribution in [-0.4, -0.2) is 11.8 Å². The molecule has 1 atom stereocenters. The number of primary amides is 1. The molecule has 1 aromatic heterocycles. The number of nitrogens with one attached hydrogen (secondary N) is 1. The minimum atomic E-state index is -0.702. The Bertz CT molecular complexity index is 868. The molecule has 22 heavy (non-hydrogen) atoms. The van der Waals surface area contributed by atoms with Gasteiger partial charge in [0.1, 0.15) is 11.7 Å². The van der Waals surface area contributed by atoms with Gasteiger partial charge >= 0.3 is 6.03 Å². The maximum Gasteiger partial charge on any atom is 0.316 e. The molecule has 4 rings (SSSR count). The van der Waals surface area contributed by atoms with Crippen molar-refractivity contribution in [3.8, 4) is 0 Å². The van der Waals surface area contributed by atoms with Gasteiger partial charge in [-0.25, -0.2) is 4.79 Å². The van der Waals surface area contributed by atoms with Crippen LogP contribution in [0.2, 0.25) is 0 Å². The third-order valence-electron chi connectivity index (χ3n) is 3.68. The summed E-state index contributed by atoms with van der Waals surface area (Å²) < 4.78 is 0. The van der Waals surface area contributed by atoms with Crippen LogP contribution in [0.3, 0.4) is 0 Å². The first-order valence-electron chi connectivity index (χ1n) is 6.60. The van der Waals surface area contributed by atoms with Crippen molar-refractivity contribution in [3.63, 3.8) is 0 Å². The van der Waals surface area contributed by atoms with Crippen molar-refractivity contribution in [2.24, 2.45) is 16.0 Å². The van der Waals surface area contributed by atoms with Crippen molar-refractivity contribution in [2.45, 2.75) is 6.04 Å². The van der Waals surface area contributed by atoms with E-state index in [0.717, 1.165) is 10.4 Å². The van der Waals surface area contributed by atoms with Crippen LogP contribution in [-0.2, 0) is 0 Å². The Morgan fingerprint density at radius 3 is 2.86 bits per heavy atom. The van der Waals surface area contributed by atoms with Gasteiger partial charge in [-0.1, -0.05) is 18.2 Å². The van der Waals surface area contributed by atoms with E-state index in [0.29, 0.717) is 22.5 Å². The fourth-order valence-electron chi connectivity index (χ4n) is 2.82. The summed E-state index contributed by atoms with van der Waals surface area (Å²) in [6, 6.07) is 7.97. The lowest BCUT2D eigenvalue weighted by Crippen LogP contribution is -2.20. The summed E-state index contributed by atoms with van der Waals surface area (Å²) in [7, 11) is 0. The Balaban J connectivity index is 1.89. The summed E-state index contributed by atoms with van der Waals surface area (Å²) in [5.74, 6) is -0.155. The van der Waals surface area contributed by atoms with E-state index in [2.05, 4.69) is 15.5 Å². The normalized spacial score (nSPS) is 18.5. The highest BCUT2D eigenvalue weighted by Crippen LogP contribution is 2.49. The molecule has 0 spiro atoms. The SMILES string of the molecule is NC(=O)Nc1cccc2c1C(=O)C1=C(c3cccs3)N=NC12. The summed E-state index contributed by atoms with van der Waals surface area (Å²) >= 11 is 1.51. The molecular formula is C15H10N4O2S. The minimum Gasteiger partial charge on any atom is -0.351 e. The molecule has 1 unspecified atom stereocenters. The number of carbonyl (C=O) groups excluding carboxylic acids is 2. The molecule has 3 N–H and O–H groups in total. The highest BCUT2D eigenvalue weighted by Gasteiger charge is 2.42. The number of hydrogen-bond donors (Lipinski definition) is 2. The summed E-state index contributed by atoms with van der Waals surface area (Å²) in [4.78, 5) is 24.9. The van der Waals surface area contributed by atoms with E-state index >= 15 is 0 Å². The van der Waals surface area contributed by atoms with Gasteiger partial charge in [0.15, 0.2) is 5.78 Å². The van der Waals surface area contributed by atoms with Crippen LogP contribution >= 0.6 is 11.3 Å². The number of azo groups is 1. The van der Waals surface area contributed by atoms with E-state index in [-0.39, 0.29) is 5.78 Å². The molecule has 108 valence electrons. The first-order valence-corrected chi connectivity index (χ1v) is 7.47. The molecule has 7 heteroatoms. The summed E-state index contributed by atoms with van der Waals surface area (Å²) in [6.07, 6.45) is 0. The van der Waals surface area contributed by atoms with Crippen molar-refractivity contribution in [3.05, 3.63) is 57.3 Å². The van der Waals surface area contributed by atoms with Gasteiger partial charge in [0.05, 0.1) is 21.7 Å². The number of carbonyl (C=O) groups is 2. The number of fused-ring (bicyclic) bond motifs is 3. The zero-order valence-corrected chi connectivity index (χ0v) is 12.1. The van der Waals surface area contributed by atoms with Crippen LogP contribution in [0.15, 0.2) is 51.5 Å². The maximum absolute atomic E-state index is 12.8. The standard InChI is InChI=1S/C15H10N4O2S/c16-15(21)17-8-4-1-3-7-10(8)14(20)11-12(7)18-19-13(11)9-5-2-6-22-9/h1-6,12H,(H3,16,17,21). The quantitative estimate of drug-likeness (QED) is 0.889. The molecule has 1 aliphatic carbocycles. The molecule has 0 radical (unpaired) electrons. The molecule has 0 fully saturated rings. The lowest BCUT2D eigenvalue weighted by Gasteiger charge is -2.07. The molecule has 0 saturated carbocycles. The van der Waals surface area contributed by atoms with Crippen molar-refractivity contribution in [1.82, 2.24) is 0 Å². The Labute approximate surface area is 129 Å². The lowest BCUT2D eigenvalue weighted by atomic mass is 10.1. The van der Waals surface area contributed by atoms with Gasteiger partial charge in [-0.05, 0) is 23.1 Å². The number of benzene rings is 1. The number of ketones is 1. The zero-order chi connectivity index (χ0) is 15.3. The van der Waals surface area contributed by atoms with E-state index in [1.54, 1.807) is 12.1 Å². The van der Waals surface area contributed by atoms with Gasteiger partial charge in [0.25, 0.3) is 0 Å². The number of thiophene rings is 1. The predicted molar refractivity (Wildman–Crippen MR) is 82.8 cm³/mol. The molecule has 0 bridgehead atoms. The first kappa shape index (κ1) is 12.9. The van der Waals surface area contributed by atoms with Crippen molar-refractivity contribution >= 4 is 34.5 Å². The Hall–Kier alpha value is -2.80. The monoisotopic (exact) mass is 310 g/mol. The van der Waals surface area contributed by atoms with Crippen molar-refractivity contribution in [2.75, 3.05) is 5.32 Å². The Kier molecular flexibility index (Phi) is 2.70. The second-order valence-corrected chi connectivity index (χ2v) is 5.89. The number of amides is 2. The van der Waals surface area contributed by atoms with Gasteiger partial charge < -0.3 is 11.1 Å². The number of hydrogen-bond acceptors (Lipinski definition) is 5. The van der Waals surface area contributed by atoms with Crippen LogP contribution in [0.5, 0.6) is 0 Å². The molecular weight excluding hydrogens is 300 g/mol. The van der Waals surface area contributed by atoms with Gasteiger partial charge in [0.2, 0.25) is 0 Å². The fourth-order valence-corrected chi connectivity index (χ4v) is 3.55. The Morgan fingerprint density at radius 2 is 2.14 bits per heavy atom. The molecule has 6 nitrogen and oxygen atoms in total. The van der Waals surface area contributed by atoms with Gasteiger partial charge in [-0.2, -0.15) is 10.2 Å². The first-order chi connectivity index (χ1) is 10.7. The highest BCUT2D eigenvalue weighted by atomic mass is 32.1. The smallest absolute Gasteiger partial charge is 0.316 e. The summed E-state index contributed by atoms with van der Waals surface area (Å²) in [5.41, 5.74) is 7.97. The van der Waals surface area contributed by atoms with Crippen LogP contribution < -0.4 is 11.1 Å². The maximum atomic E-state index is 12.8. The van der Waals surface area contributed by atoms with Crippen LogP contribution in [0.4, 0.5) is 10.5 Å². The summed E-state index contributed by atoms with van der Waals surface area (Å²) in [6.45, 7) is 0. The molecule has 2 aromatic rings. The molecule has 2 aliphatic rings. The second kappa shape index (κ2) is 4.60. The van der Waals surface area contributed by atoms with Gasteiger partial charge in [-0.3, -0.25) is 4.79 Å². The highest BCUT2D eigenvalue weighted by molar-refractivity contribution is 7.11. The van der Waals surface area contributed by atoms with E-state index in [1.807, 2.05) is 23.6 Å². The number of nitrogens with zero attached hydrogens (tertiary/aromatic N) is 2. The number of Topliss-reactive ketones (excluding diaryl/α,β-unsaturated/α-hetero) is 1. The third kappa shape index (κ3) is 1.72. The molecule has 1 aliphatic heterocycles. The van der Waals surface area contributed by atoms with E-state index in [9.17, 15) is 9.59 Å². The van der Waals surface area contributed by atoms with Crippen molar-refractivity contribution in [1.29, 1.82) is 0 Å². The molecule has 0 saturated heterocycles. The van der Waals surface area contributed by atoms with Crippen molar-refractivity contribution < 1.29 is 9.59 Å². The largest absolute Gasteiger partial charge is 0.351 e. The fraction of sp³-hybridized carbons (Fsp3) is 0.0667. The van der Waals surface area contributed by atoms with E-state index in [1.165, 1.54) is 11.3 Å². The zero-order valence-electron chi connectivity index (χ0n) is 11.2. The second-order valence-electron chi connectivity index (χ2n) is 4.95. The third-order valence-corrected chi connectivity index (χ3v) is 4.55.